The van der Waals surface area contributed by atoms with Crippen molar-refractivity contribution in [2.24, 2.45) is 0 Å². The highest BCUT2D eigenvalue weighted by molar-refractivity contribution is 6.20. The van der Waals surface area contributed by atoms with Crippen molar-refractivity contribution in [2.75, 3.05) is 0 Å². The zero-order chi connectivity index (χ0) is 21.7. The van der Waals surface area contributed by atoms with Crippen molar-refractivity contribution in [2.45, 2.75) is 59.3 Å². The number of hydrogen-bond donors (Lipinski definition) is 0. The van der Waals surface area contributed by atoms with E-state index in [1.807, 2.05) is 34.9 Å². The summed E-state index contributed by atoms with van der Waals surface area (Å²) in [7, 11) is 0. The number of hydrogen-bond acceptors (Lipinski definition) is 5. The predicted molar refractivity (Wildman–Crippen MR) is 109 cm³/mol. The molecule has 0 aliphatic carbocycles. The minimum Gasteiger partial charge on any atom is -0.456 e. The Morgan fingerprint density at radius 2 is 1.34 bits per heavy atom. The second-order valence-electron chi connectivity index (χ2n) is 8.64. The van der Waals surface area contributed by atoms with Crippen molar-refractivity contribution in [3.05, 3.63) is 66.3 Å². The fraction of sp³-hybridized carbons (Fsp3) is 0.391. The molecule has 0 aliphatic rings. The minimum atomic E-state index is -0.754. The van der Waals surface area contributed by atoms with E-state index in [1.165, 1.54) is 0 Å². The number of aromatic nitrogens is 2. The van der Waals surface area contributed by atoms with E-state index in [9.17, 15) is 9.59 Å². The molecule has 1 aromatic heterocycles. The van der Waals surface area contributed by atoms with E-state index < -0.39 is 23.1 Å². The van der Waals surface area contributed by atoms with E-state index in [4.69, 9.17) is 9.47 Å². The molecule has 0 radical (unpaired) electrons. The molecular weight excluding hydrogens is 368 g/mol. The van der Waals surface area contributed by atoms with Gasteiger partial charge >= 0.3 is 11.9 Å². The number of ether oxygens (including phenoxy) is 2. The van der Waals surface area contributed by atoms with Crippen LogP contribution in [0.1, 0.15) is 47.1 Å². The third-order valence-corrected chi connectivity index (χ3v) is 3.66. The fourth-order valence-corrected chi connectivity index (χ4v) is 2.58. The maximum atomic E-state index is 13.1. The van der Waals surface area contributed by atoms with Gasteiger partial charge in [-0.05, 0) is 47.1 Å². The molecule has 0 N–H and O–H groups in total. The van der Waals surface area contributed by atoms with E-state index in [0.717, 1.165) is 5.56 Å². The molecule has 6 heteroatoms. The van der Waals surface area contributed by atoms with Crippen LogP contribution in [0.2, 0.25) is 0 Å². The monoisotopic (exact) mass is 397 g/mol. The Labute approximate surface area is 172 Å². The van der Waals surface area contributed by atoms with Crippen molar-refractivity contribution in [3.8, 4) is 0 Å². The number of rotatable bonds is 5. The highest BCUT2D eigenvalue weighted by Crippen LogP contribution is 2.25. The smallest absolute Gasteiger partial charge is 0.346 e. The lowest BCUT2D eigenvalue weighted by atomic mass is 9.98. The minimum absolute atomic E-state index is 0.106. The van der Waals surface area contributed by atoms with Gasteiger partial charge in [0.15, 0.2) is 24.5 Å². The summed E-state index contributed by atoms with van der Waals surface area (Å²) in [6.07, 6.45) is 6.82. The van der Waals surface area contributed by atoms with Crippen LogP contribution in [-0.2, 0) is 25.6 Å². The molecule has 0 fully saturated rings. The molecule has 29 heavy (non-hydrogen) atoms. The standard InChI is InChI=1S/C23H29N2O4/c1-22(2,3)28-20(26)19(21(27)29-23(4,5)6)18(17-10-8-7-9-11-17)16-25-14-12-24-13-15-25/h7-15H,16H2,1-6H3/q+1. The van der Waals surface area contributed by atoms with Crippen LogP contribution in [0.15, 0.2) is 60.7 Å². The van der Waals surface area contributed by atoms with Crippen LogP contribution in [-0.4, -0.2) is 28.1 Å². The van der Waals surface area contributed by atoms with Crippen LogP contribution < -0.4 is 4.57 Å². The lowest BCUT2D eigenvalue weighted by molar-refractivity contribution is -0.684. The average Bonchev–Trinajstić information content (AvgIpc) is 2.59. The zero-order valence-corrected chi connectivity index (χ0v) is 17.9. The largest absolute Gasteiger partial charge is 0.456 e. The van der Waals surface area contributed by atoms with E-state index in [2.05, 4.69) is 4.98 Å². The fourth-order valence-electron chi connectivity index (χ4n) is 2.58. The molecule has 6 nitrogen and oxygen atoms in total. The molecule has 1 aromatic carbocycles. The first-order chi connectivity index (χ1) is 13.5. The summed E-state index contributed by atoms with van der Waals surface area (Å²) >= 11 is 0. The second-order valence-corrected chi connectivity index (χ2v) is 8.64. The highest BCUT2D eigenvalue weighted by atomic mass is 16.6. The van der Waals surface area contributed by atoms with Crippen LogP contribution in [0, 0.1) is 0 Å². The van der Waals surface area contributed by atoms with Gasteiger partial charge in [0.05, 0.1) is 12.4 Å². The Kier molecular flexibility index (Phi) is 6.90. The maximum absolute atomic E-state index is 13.1. The number of nitrogens with zero attached hydrogens (tertiary/aromatic N) is 2. The molecule has 1 heterocycles. The lowest BCUT2D eigenvalue weighted by Crippen LogP contribution is -2.37. The third kappa shape index (κ3) is 7.14. The molecule has 0 saturated heterocycles. The molecule has 0 amide bonds. The summed E-state index contributed by atoms with van der Waals surface area (Å²) in [4.78, 5) is 30.2. The Balaban J connectivity index is 2.66. The molecule has 0 bridgehead atoms. The first-order valence-corrected chi connectivity index (χ1v) is 9.50. The highest BCUT2D eigenvalue weighted by Gasteiger charge is 2.33. The van der Waals surface area contributed by atoms with Crippen LogP contribution >= 0.6 is 0 Å². The van der Waals surface area contributed by atoms with Gasteiger partial charge in [-0.3, -0.25) is 4.98 Å². The summed E-state index contributed by atoms with van der Waals surface area (Å²) < 4.78 is 13.0. The van der Waals surface area contributed by atoms with Gasteiger partial charge in [-0.2, -0.15) is 4.57 Å². The zero-order valence-electron chi connectivity index (χ0n) is 17.9. The van der Waals surface area contributed by atoms with Crippen molar-refractivity contribution >= 4 is 17.5 Å². The normalized spacial score (nSPS) is 11.5. The van der Waals surface area contributed by atoms with Gasteiger partial charge in [-0.25, -0.2) is 9.59 Å². The van der Waals surface area contributed by atoms with Crippen LogP contribution in [0.25, 0.3) is 5.57 Å². The van der Waals surface area contributed by atoms with Crippen molar-refractivity contribution in [3.63, 3.8) is 0 Å². The van der Waals surface area contributed by atoms with Crippen molar-refractivity contribution < 1.29 is 23.6 Å². The van der Waals surface area contributed by atoms with Gasteiger partial charge in [0.1, 0.15) is 11.2 Å². The first-order valence-electron chi connectivity index (χ1n) is 9.50. The number of benzene rings is 1. The molecule has 154 valence electrons. The number of allylic oxidation sites excluding steroid dienone is 1. The van der Waals surface area contributed by atoms with Gasteiger partial charge in [0.2, 0.25) is 0 Å². The third-order valence-electron chi connectivity index (χ3n) is 3.66. The number of carbonyl (C=O) groups excluding carboxylic acids is 2. The molecule has 2 rings (SSSR count). The van der Waals surface area contributed by atoms with E-state index in [0.29, 0.717) is 5.57 Å². The van der Waals surface area contributed by atoms with E-state index >= 15 is 0 Å². The molecule has 0 aliphatic heterocycles. The van der Waals surface area contributed by atoms with Gasteiger partial charge < -0.3 is 9.47 Å². The SMILES string of the molecule is CC(C)(C)OC(=O)C(C(=O)OC(C)(C)C)=C(C[n+]1ccncc1)c1ccccc1. The second kappa shape index (κ2) is 8.99. The van der Waals surface area contributed by atoms with Gasteiger partial charge in [0, 0.05) is 5.57 Å². The summed E-state index contributed by atoms with van der Waals surface area (Å²) in [6.45, 7) is 10.8. The summed E-state index contributed by atoms with van der Waals surface area (Å²) in [6, 6.07) is 9.29. The Morgan fingerprint density at radius 1 is 0.862 bits per heavy atom. The van der Waals surface area contributed by atoms with Crippen molar-refractivity contribution in [1.29, 1.82) is 0 Å². The molecule has 0 spiro atoms. The van der Waals surface area contributed by atoms with Crippen LogP contribution in [0.4, 0.5) is 0 Å². The van der Waals surface area contributed by atoms with E-state index in [1.54, 1.807) is 66.3 Å². The summed E-state index contributed by atoms with van der Waals surface area (Å²) in [5.74, 6) is -1.42. The van der Waals surface area contributed by atoms with Crippen LogP contribution in [0.5, 0.6) is 0 Å². The number of esters is 2. The molecule has 0 atom stereocenters. The molecule has 0 saturated carbocycles. The Bertz CT molecular complexity index is 847. The lowest BCUT2D eigenvalue weighted by Gasteiger charge is -2.24. The summed E-state index contributed by atoms with van der Waals surface area (Å²) in [5, 5.41) is 0. The molecule has 0 unspecified atom stereocenters. The average molecular weight is 397 g/mol. The molecule has 2 aromatic rings. The molecular formula is C23H29N2O4+. The topological polar surface area (TPSA) is 69.4 Å². The first kappa shape index (κ1) is 22.3. The van der Waals surface area contributed by atoms with Gasteiger partial charge in [-0.1, -0.05) is 30.3 Å². The number of carbonyl (C=O) groups is 2. The Hall–Kier alpha value is -3.02. The quantitative estimate of drug-likeness (QED) is 0.254. The van der Waals surface area contributed by atoms with Gasteiger partial charge in [-0.15, -0.1) is 0 Å². The maximum Gasteiger partial charge on any atom is 0.346 e. The van der Waals surface area contributed by atoms with Crippen molar-refractivity contribution in [1.82, 2.24) is 4.98 Å². The summed E-state index contributed by atoms with van der Waals surface area (Å²) in [5.41, 5.74) is -0.356. The van der Waals surface area contributed by atoms with Crippen LogP contribution in [0.3, 0.4) is 0 Å². The van der Waals surface area contributed by atoms with Gasteiger partial charge in [0.25, 0.3) is 0 Å². The predicted octanol–water partition coefficient (Wildman–Crippen LogP) is 3.51. The van der Waals surface area contributed by atoms with E-state index in [-0.39, 0.29) is 12.1 Å². The Morgan fingerprint density at radius 3 is 1.79 bits per heavy atom.